The Morgan fingerprint density at radius 3 is 2.74 bits per heavy atom. The molecular formula is C15H14Cl2N2O3S. The van der Waals surface area contributed by atoms with Crippen molar-refractivity contribution in [3.05, 3.63) is 39.3 Å². The van der Waals surface area contributed by atoms with E-state index >= 15 is 0 Å². The van der Waals surface area contributed by atoms with Crippen LogP contribution in [0.5, 0.6) is 0 Å². The third kappa shape index (κ3) is 4.67. The number of carboxylic acid groups (broad SMARTS) is 1. The number of carboxylic acids is 1. The fourth-order valence-electron chi connectivity index (χ4n) is 1.92. The Kier molecular flexibility index (Phi) is 5.98. The molecule has 23 heavy (non-hydrogen) atoms. The molecule has 0 bridgehead atoms. The molecule has 5 nitrogen and oxygen atoms in total. The number of carbonyl (C=O) groups excluding carboxylic acids is 1. The van der Waals surface area contributed by atoms with Gasteiger partial charge in [-0.1, -0.05) is 30.1 Å². The maximum absolute atomic E-state index is 11.9. The zero-order valence-corrected chi connectivity index (χ0v) is 14.5. The van der Waals surface area contributed by atoms with Crippen LogP contribution in [0.3, 0.4) is 0 Å². The molecule has 0 fully saturated rings. The van der Waals surface area contributed by atoms with Gasteiger partial charge in [-0.25, -0.2) is 9.78 Å². The molecule has 2 rings (SSSR count). The molecule has 2 N–H and O–H groups in total. The topological polar surface area (TPSA) is 79.3 Å². The molecule has 0 saturated carbocycles. The van der Waals surface area contributed by atoms with Crippen molar-refractivity contribution in [2.75, 3.05) is 0 Å². The number of hydrogen-bond donors (Lipinski definition) is 2. The van der Waals surface area contributed by atoms with E-state index in [-0.39, 0.29) is 12.3 Å². The number of nitrogens with one attached hydrogen (secondary N) is 1. The van der Waals surface area contributed by atoms with Crippen LogP contribution in [0, 0.1) is 0 Å². The maximum atomic E-state index is 11.9. The van der Waals surface area contributed by atoms with E-state index in [0.717, 1.165) is 5.56 Å². The molecule has 0 radical (unpaired) electrons. The van der Waals surface area contributed by atoms with Gasteiger partial charge in [0.15, 0.2) is 0 Å². The van der Waals surface area contributed by atoms with Crippen molar-refractivity contribution in [1.29, 1.82) is 0 Å². The van der Waals surface area contributed by atoms with Crippen molar-refractivity contribution in [3.63, 3.8) is 0 Å². The van der Waals surface area contributed by atoms with E-state index in [0.29, 0.717) is 27.2 Å². The van der Waals surface area contributed by atoms with Gasteiger partial charge >= 0.3 is 5.97 Å². The summed E-state index contributed by atoms with van der Waals surface area (Å²) in [6.45, 7) is 1.70. The van der Waals surface area contributed by atoms with Gasteiger partial charge in [-0.2, -0.15) is 0 Å². The lowest BCUT2D eigenvalue weighted by molar-refractivity contribution is -0.141. The molecular weight excluding hydrogens is 359 g/mol. The average molecular weight is 373 g/mol. The highest BCUT2D eigenvalue weighted by molar-refractivity contribution is 7.13. The Morgan fingerprint density at radius 2 is 2.13 bits per heavy atom. The number of halogens is 2. The molecule has 0 aliphatic carbocycles. The van der Waals surface area contributed by atoms with E-state index in [1.807, 2.05) is 0 Å². The molecule has 0 spiro atoms. The van der Waals surface area contributed by atoms with Gasteiger partial charge in [-0.3, -0.25) is 4.79 Å². The highest BCUT2D eigenvalue weighted by atomic mass is 35.5. The normalized spacial score (nSPS) is 12.0. The highest BCUT2D eigenvalue weighted by Gasteiger charge is 2.18. The Bertz CT molecular complexity index is 733. The predicted molar refractivity (Wildman–Crippen MR) is 91.1 cm³/mol. The summed E-state index contributed by atoms with van der Waals surface area (Å²) < 4.78 is 0. The molecule has 0 unspecified atom stereocenters. The summed E-state index contributed by atoms with van der Waals surface area (Å²) in [7, 11) is 0. The van der Waals surface area contributed by atoms with Crippen LogP contribution in [0.25, 0.3) is 10.6 Å². The van der Waals surface area contributed by atoms with Gasteiger partial charge < -0.3 is 10.4 Å². The number of carbonyl (C=O) groups is 2. The quantitative estimate of drug-likeness (QED) is 0.810. The number of aliphatic carboxylic acids is 1. The molecule has 122 valence electrons. The third-order valence-electron chi connectivity index (χ3n) is 3.10. The van der Waals surface area contributed by atoms with Gasteiger partial charge in [0.05, 0.1) is 17.1 Å². The largest absolute Gasteiger partial charge is 0.480 e. The minimum absolute atomic E-state index is 0.0193. The van der Waals surface area contributed by atoms with E-state index in [9.17, 15) is 9.59 Å². The molecule has 1 heterocycles. The third-order valence-corrected chi connectivity index (χ3v) is 4.57. The Balaban J connectivity index is 2.07. The number of benzene rings is 1. The zero-order valence-electron chi connectivity index (χ0n) is 12.2. The van der Waals surface area contributed by atoms with Crippen molar-refractivity contribution < 1.29 is 14.7 Å². The smallest absolute Gasteiger partial charge is 0.326 e. The number of aromatic nitrogens is 1. The van der Waals surface area contributed by atoms with Crippen molar-refractivity contribution in [1.82, 2.24) is 10.3 Å². The average Bonchev–Trinajstić information content (AvgIpc) is 2.92. The van der Waals surface area contributed by atoms with Crippen LogP contribution in [0.15, 0.2) is 23.6 Å². The molecule has 8 heteroatoms. The number of amides is 1. The molecule has 1 atom stereocenters. The summed E-state index contributed by atoms with van der Waals surface area (Å²) in [6, 6.07) is 4.23. The summed E-state index contributed by atoms with van der Waals surface area (Å²) >= 11 is 13.4. The summed E-state index contributed by atoms with van der Waals surface area (Å²) in [4.78, 5) is 27.2. The highest BCUT2D eigenvalue weighted by Crippen LogP contribution is 2.32. The molecule has 1 aromatic heterocycles. The van der Waals surface area contributed by atoms with Crippen molar-refractivity contribution in [2.24, 2.45) is 0 Å². The fourth-order valence-corrected chi connectivity index (χ4v) is 3.34. The van der Waals surface area contributed by atoms with E-state index in [1.54, 1.807) is 30.5 Å². The second-order valence-electron chi connectivity index (χ2n) is 4.81. The summed E-state index contributed by atoms with van der Waals surface area (Å²) in [6.07, 6.45) is 0.343. The summed E-state index contributed by atoms with van der Waals surface area (Å²) in [5.74, 6) is -1.42. The first-order valence-electron chi connectivity index (χ1n) is 6.82. The van der Waals surface area contributed by atoms with E-state index in [1.165, 1.54) is 11.3 Å². The van der Waals surface area contributed by atoms with Gasteiger partial charge in [0.2, 0.25) is 5.91 Å². The molecule has 0 aliphatic rings. The zero-order chi connectivity index (χ0) is 17.0. The van der Waals surface area contributed by atoms with Crippen molar-refractivity contribution in [2.45, 2.75) is 25.8 Å². The van der Waals surface area contributed by atoms with Crippen LogP contribution < -0.4 is 5.32 Å². The van der Waals surface area contributed by atoms with Gasteiger partial charge in [-0.15, -0.1) is 11.3 Å². The standard InChI is InChI=1S/C15H14Cl2N2O3S/c1-2-12(15(21)22)19-13(20)6-9-7-23-14(18-9)10-4-3-8(16)5-11(10)17/h3-5,7,12H,2,6H2,1H3,(H,19,20)(H,21,22)/t12-/m0/s1. The number of nitrogens with zero attached hydrogens (tertiary/aromatic N) is 1. The van der Waals surface area contributed by atoms with E-state index in [4.69, 9.17) is 28.3 Å². The van der Waals surface area contributed by atoms with Crippen molar-refractivity contribution >= 4 is 46.4 Å². The summed E-state index contributed by atoms with van der Waals surface area (Å²) in [5.41, 5.74) is 1.30. The van der Waals surface area contributed by atoms with Crippen LogP contribution in [0.4, 0.5) is 0 Å². The first-order chi connectivity index (χ1) is 10.9. The van der Waals surface area contributed by atoms with Gasteiger partial charge in [-0.05, 0) is 24.6 Å². The second-order valence-corrected chi connectivity index (χ2v) is 6.51. The second kappa shape index (κ2) is 7.77. The van der Waals surface area contributed by atoms with Crippen LogP contribution in [0.1, 0.15) is 19.0 Å². The Labute approximate surface area is 147 Å². The lowest BCUT2D eigenvalue weighted by Crippen LogP contribution is -2.41. The SMILES string of the molecule is CC[C@H](NC(=O)Cc1csc(-c2ccc(Cl)cc2Cl)n1)C(=O)O. The van der Waals surface area contributed by atoms with Gasteiger partial charge in [0, 0.05) is 16.0 Å². The van der Waals surface area contributed by atoms with Gasteiger partial charge in [0.1, 0.15) is 11.0 Å². The molecule has 2 aromatic rings. The van der Waals surface area contributed by atoms with Crippen LogP contribution >= 0.6 is 34.5 Å². The van der Waals surface area contributed by atoms with Gasteiger partial charge in [0.25, 0.3) is 0 Å². The monoisotopic (exact) mass is 372 g/mol. The predicted octanol–water partition coefficient (Wildman–Crippen LogP) is 3.64. The summed E-state index contributed by atoms with van der Waals surface area (Å²) in [5, 5.41) is 14.9. The molecule has 0 aliphatic heterocycles. The number of thiazole rings is 1. The van der Waals surface area contributed by atoms with Crippen LogP contribution in [-0.2, 0) is 16.0 Å². The Hall–Kier alpha value is -1.63. The maximum Gasteiger partial charge on any atom is 0.326 e. The minimum Gasteiger partial charge on any atom is -0.480 e. The van der Waals surface area contributed by atoms with Crippen molar-refractivity contribution in [3.8, 4) is 10.6 Å². The van der Waals surface area contributed by atoms with E-state index < -0.39 is 12.0 Å². The lowest BCUT2D eigenvalue weighted by Gasteiger charge is -2.11. The molecule has 0 saturated heterocycles. The van der Waals surface area contributed by atoms with E-state index in [2.05, 4.69) is 10.3 Å². The number of rotatable bonds is 6. The van der Waals surface area contributed by atoms with Crippen LogP contribution in [0.2, 0.25) is 10.0 Å². The minimum atomic E-state index is -1.05. The molecule has 1 aromatic carbocycles. The lowest BCUT2D eigenvalue weighted by atomic mass is 10.2. The molecule has 1 amide bonds. The number of hydrogen-bond acceptors (Lipinski definition) is 4. The first kappa shape index (κ1) is 17.7. The first-order valence-corrected chi connectivity index (χ1v) is 8.46. The van der Waals surface area contributed by atoms with Crippen LogP contribution in [-0.4, -0.2) is 28.0 Å². The fraction of sp³-hybridized carbons (Fsp3) is 0.267. The Morgan fingerprint density at radius 1 is 1.39 bits per heavy atom.